The van der Waals surface area contributed by atoms with Gasteiger partial charge in [0.2, 0.25) is 0 Å². The Kier molecular flexibility index (Phi) is 4.26. The summed E-state index contributed by atoms with van der Waals surface area (Å²) in [5, 5.41) is -0.0536. The molecule has 0 aliphatic heterocycles. The van der Waals surface area contributed by atoms with E-state index in [-0.39, 0.29) is 16.7 Å². The molecule has 1 aromatic heterocycles. The third-order valence-electron chi connectivity index (χ3n) is 3.71. The summed E-state index contributed by atoms with van der Waals surface area (Å²) in [4.78, 5) is 19.0. The van der Waals surface area contributed by atoms with Crippen LogP contribution in [0.5, 0.6) is 17.2 Å². The second-order valence-electron chi connectivity index (χ2n) is 5.11. The SMILES string of the molecule is COc1cc(OC)c(-c2nc3cc(F)c(F)cc3c(=O)[nH]2)cc1OC. The highest BCUT2D eigenvalue weighted by Gasteiger charge is 2.17. The maximum Gasteiger partial charge on any atom is 0.259 e. The molecule has 0 bridgehead atoms. The number of methoxy groups -OCH3 is 3. The number of aromatic nitrogens is 2. The van der Waals surface area contributed by atoms with Gasteiger partial charge in [0.1, 0.15) is 11.6 Å². The molecule has 0 aliphatic rings. The topological polar surface area (TPSA) is 73.4 Å². The smallest absolute Gasteiger partial charge is 0.259 e. The van der Waals surface area contributed by atoms with Crippen LogP contribution in [0.2, 0.25) is 0 Å². The van der Waals surface area contributed by atoms with Crippen LogP contribution in [0, 0.1) is 11.6 Å². The summed E-state index contributed by atoms with van der Waals surface area (Å²) in [7, 11) is 4.38. The molecule has 0 unspecified atom stereocenters. The van der Waals surface area contributed by atoms with Gasteiger partial charge in [-0.3, -0.25) is 4.79 Å². The Morgan fingerprint density at radius 1 is 0.880 bits per heavy atom. The molecule has 0 radical (unpaired) electrons. The molecule has 6 nitrogen and oxygen atoms in total. The number of hydrogen-bond donors (Lipinski definition) is 1. The lowest BCUT2D eigenvalue weighted by atomic mass is 10.1. The number of benzene rings is 2. The van der Waals surface area contributed by atoms with Crippen LogP contribution in [0.4, 0.5) is 8.78 Å². The van der Waals surface area contributed by atoms with Crippen molar-refractivity contribution in [3.8, 4) is 28.6 Å². The molecule has 1 N–H and O–H groups in total. The minimum atomic E-state index is -1.11. The van der Waals surface area contributed by atoms with Gasteiger partial charge in [-0.2, -0.15) is 0 Å². The highest BCUT2D eigenvalue weighted by atomic mass is 19.2. The number of nitrogens with one attached hydrogen (secondary N) is 1. The molecule has 3 rings (SSSR count). The monoisotopic (exact) mass is 348 g/mol. The van der Waals surface area contributed by atoms with E-state index in [0.717, 1.165) is 12.1 Å². The Morgan fingerprint density at radius 2 is 1.48 bits per heavy atom. The summed E-state index contributed by atoms with van der Waals surface area (Å²) in [6, 6.07) is 4.83. The van der Waals surface area contributed by atoms with Gasteiger partial charge in [0.05, 0.1) is 37.8 Å². The average Bonchev–Trinajstić information content (AvgIpc) is 2.62. The van der Waals surface area contributed by atoms with Crippen molar-refractivity contribution in [1.29, 1.82) is 0 Å². The Labute approximate surface area is 141 Å². The summed E-state index contributed by atoms with van der Waals surface area (Å²) in [5.74, 6) is -0.887. The second kappa shape index (κ2) is 6.39. The molecule has 0 saturated heterocycles. The van der Waals surface area contributed by atoms with Crippen molar-refractivity contribution in [2.24, 2.45) is 0 Å². The molecule has 0 spiro atoms. The van der Waals surface area contributed by atoms with Crippen LogP contribution in [0.25, 0.3) is 22.3 Å². The van der Waals surface area contributed by atoms with E-state index in [4.69, 9.17) is 14.2 Å². The normalized spacial score (nSPS) is 10.8. The number of H-pyrrole nitrogens is 1. The molecule has 0 amide bonds. The van der Waals surface area contributed by atoms with E-state index in [2.05, 4.69) is 9.97 Å². The van der Waals surface area contributed by atoms with Crippen molar-refractivity contribution in [2.45, 2.75) is 0 Å². The van der Waals surface area contributed by atoms with Gasteiger partial charge in [0.15, 0.2) is 23.1 Å². The Morgan fingerprint density at radius 3 is 2.12 bits per heavy atom. The summed E-state index contributed by atoms with van der Waals surface area (Å²) < 4.78 is 42.6. The molecule has 2 aromatic carbocycles. The summed E-state index contributed by atoms with van der Waals surface area (Å²) in [6.45, 7) is 0. The molecule has 8 heteroatoms. The van der Waals surface area contributed by atoms with Crippen molar-refractivity contribution in [2.75, 3.05) is 21.3 Å². The molecule has 0 saturated carbocycles. The van der Waals surface area contributed by atoms with Gasteiger partial charge in [-0.1, -0.05) is 0 Å². The second-order valence-corrected chi connectivity index (χ2v) is 5.11. The predicted octanol–water partition coefficient (Wildman–Crippen LogP) is 2.89. The van der Waals surface area contributed by atoms with Gasteiger partial charge in [0, 0.05) is 12.1 Å². The van der Waals surface area contributed by atoms with E-state index < -0.39 is 17.2 Å². The first-order valence-corrected chi connectivity index (χ1v) is 7.18. The van der Waals surface area contributed by atoms with Crippen molar-refractivity contribution in [3.05, 3.63) is 46.3 Å². The first-order chi connectivity index (χ1) is 12.0. The number of rotatable bonds is 4. The molecule has 0 atom stereocenters. The first kappa shape index (κ1) is 16.7. The third-order valence-corrected chi connectivity index (χ3v) is 3.71. The minimum Gasteiger partial charge on any atom is -0.496 e. The van der Waals surface area contributed by atoms with E-state index in [9.17, 15) is 13.6 Å². The summed E-state index contributed by atoms with van der Waals surface area (Å²) >= 11 is 0. The zero-order valence-corrected chi connectivity index (χ0v) is 13.6. The van der Waals surface area contributed by atoms with Crippen LogP contribution in [0.3, 0.4) is 0 Å². The zero-order valence-electron chi connectivity index (χ0n) is 13.6. The molecular formula is C17H14F2N2O4. The number of nitrogens with zero attached hydrogens (tertiary/aromatic N) is 1. The van der Waals surface area contributed by atoms with Crippen LogP contribution < -0.4 is 19.8 Å². The number of ether oxygens (including phenoxy) is 3. The van der Waals surface area contributed by atoms with E-state index in [1.807, 2.05) is 0 Å². The third kappa shape index (κ3) is 2.86. The van der Waals surface area contributed by atoms with Crippen LogP contribution in [-0.2, 0) is 0 Å². The maximum atomic E-state index is 13.5. The van der Waals surface area contributed by atoms with Crippen LogP contribution in [0.1, 0.15) is 0 Å². The van der Waals surface area contributed by atoms with Gasteiger partial charge in [0.25, 0.3) is 5.56 Å². The Bertz CT molecular complexity index is 1020. The van der Waals surface area contributed by atoms with Crippen LogP contribution in [0.15, 0.2) is 29.1 Å². The lowest BCUT2D eigenvalue weighted by Crippen LogP contribution is -2.11. The lowest BCUT2D eigenvalue weighted by molar-refractivity contribution is 0.349. The van der Waals surface area contributed by atoms with Gasteiger partial charge in [-0.15, -0.1) is 0 Å². The molecule has 1 heterocycles. The van der Waals surface area contributed by atoms with Gasteiger partial charge < -0.3 is 19.2 Å². The van der Waals surface area contributed by atoms with Crippen molar-refractivity contribution in [1.82, 2.24) is 9.97 Å². The molecule has 0 fully saturated rings. The van der Waals surface area contributed by atoms with Crippen molar-refractivity contribution in [3.63, 3.8) is 0 Å². The Hall–Kier alpha value is -3.16. The minimum absolute atomic E-state index is 0.0227. The quantitative estimate of drug-likeness (QED) is 0.785. The van der Waals surface area contributed by atoms with E-state index in [1.165, 1.54) is 21.3 Å². The van der Waals surface area contributed by atoms with Crippen LogP contribution >= 0.6 is 0 Å². The fourth-order valence-electron chi connectivity index (χ4n) is 2.48. The molecule has 0 aliphatic carbocycles. The average molecular weight is 348 g/mol. The van der Waals surface area contributed by atoms with Crippen molar-refractivity contribution >= 4 is 10.9 Å². The molecule has 3 aromatic rings. The van der Waals surface area contributed by atoms with E-state index in [0.29, 0.717) is 22.8 Å². The van der Waals surface area contributed by atoms with Gasteiger partial charge >= 0.3 is 0 Å². The number of aromatic amines is 1. The lowest BCUT2D eigenvalue weighted by Gasteiger charge is -2.14. The predicted molar refractivity (Wildman–Crippen MR) is 87.4 cm³/mol. The number of fused-ring (bicyclic) bond motifs is 1. The van der Waals surface area contributed by atoms with E-state index in [1.54, 1.807) is 12.1 Å². The van der Waals surface area contributed by atoms with Gasteiger partial charge in [-0.05, 0) is 12.1 Å². The fourth-order valence-corrected chi connectivity index (χ4v) is 2.48. The first-order valence-electron chi connectivity index (χ1n) is 7.18. The number of halogens is 2. The largest absolute Gasteiger partial charge is 0.496 e. The van der Waals surface area contributed by atoms with E-state index >= 15 is 0 Å². The zero-order chi connectivity index (χ0) is 18.1. The summed E-state index contributed by atoms with van der Waals surface area (Å²) in [5.41, 5.74) is -0.172. The Balaban J connectivity index is 2.29. The summed E-state index contributed by atoms with van der Waals surface area (Å²) in [6.07, 6.45) is 0. The highest BCUT2D eigenvalue weighted by molar-refractivity contribution is 5.81. The fraction of sp³-hybridized carbons (Fsp3) is 0.176. The van der Waals surface area contributed by atoms with Gasteiger partial charge in [-0.25, -0.2) is 13.8 Å². The number of hydrogen-bond acceptors (Lipinski definition) is 5. The molecular weight excluding hydrogens is 334 g/mol. The van der Waals surface area contributed by atoms with Crippen LogP contribution in [-0.4, -0.2) is 31.3 Å². The molecule has 25 heavy (non-hydrogen) atoms. The van der Waals surface area contributed by atoms with Crippen molar-refractivity contribution < 1.29 is 23.0 Å². The maximum absolute atomic E-state index is 13.5. The molecule has 130 valence electrons. The standard InChI is InChI=1S/C17H14F2N2O4/c1-23-13-7-15(25-3)14(24-2)5-9(13)16-20-12-6-11(19)10(18)4-8(12)17(22)21-16/h4-7H,1-3H3,(H,20,21,22). The highest BCUT2D eigenvalue weighted by Crippen LogP contribution is 2.38.